The van der Waals surface area contributed by atoms with Crippen LogP contribution in [0.5, 0.6) is 0 Å². The van der Waals surface area contributed by atoms with Crippen molar-refractivity contribution < 1.29 is 18.3 Å². The van der Waals surface area contributed by atoms with Crippen molar-refractivity contribution in [2.75, 3.05) is 39.9 Å². The number of likely N-dealkylation sites (tertiary alicyclic amines) is 2. The van der Waals surface area contributed by atoms with E-state index < -0.39 is 11.6 Å². The number of hydrogen-bond donors (Lipinski definition) is 1. The summed E-state index contributed by atoms with van der Waals surface area (Å²) >= 11 is 0. The molecule has 1 aromatic rings. The highest BCUT2D eigenvalue weighted by Gasteiger charge is 2.26. The Kier molecular flexibility index (Phi) is 7.01. The molecule has 27 heavy (non-hydrogen) atoms. The Bertz CT molecular complexity index is 634. The highest BCUT2D eigenvalue weighted by Crippen LogP contribution is 2.19. The van der Waals surface area contributed by atoms with Gasteiger partial charge in [0.15, 0.2) is 11.6 Å². The molecule has 2 amide bonds. The zero-order valence-electron chi connectivity index (χ0n) is 15.9. The molecule has 0 aliphatic carbocycles. The fraction of sp³-hybridized carbons (Fsp3) is 0.650. The molecule has 7 heteroatoms. The van der Waals surface area contributed by atoms with Crippen LogP contribution in [0.2, 0.25) is 0 Å². The second-order valence-corrected chi connectivity index (χ2v) is 7.66. The Morgan fingerprint density at radius 3 is 2.67 bits per heavy atom. The fourth-order valence-electron chi connectivity index (χ4n) is 4.02. The fourth-order valence-corrected chi connectivity index (χ4v) is 4.02. The SMILES string of the molecule is COC[C@@H]1CCCN(C(=O)NC2CCN(Cc3ccc(F)c(F)c3)CC2)C1. The molecule has 0 aromatic heterocycles. The molecule has 1 aromatic carbocycles. The Hall–Kier alpha value is -1.73. The number of ether oxygens (including phenoxy) is 1. The van der Waals surface area contributed by atoms with Crippen LogP contribution in [0.3, 0.4) is 0 Å². The van der Waals surface area contributed by atoms with Crippen LogP contribution in [0.15, 0.2) is 18.2 Å². The molecule has 0 radical (unpaired) electrons. The number of nitrogens with one attached hydrogen (secondary N) is 1. The number of rotatable bonds is 5. The van der Waals surface area contributed by atoms with Crippen LogP contribution in [0.4, 0.5) is 13.6 Å². The number of nitrogens with zero attached hydrogens (tertiary/aromatic N) is 2. The molecule has 3 rings (SSSR count). The van der Waals surface area contributed by atoms with E-state index >= 15 is 0 Å². The number of urea groups is 1. The number of carbonyl (C=O) groups excluding carboxylic acids is 1. The second-order valence-electron chi connectivity index (χ2n) is 7.66. The van der Waals surface area contributed by atoms with Crippen molar-refractivity contribution in [1.82, 2.24) is 15.1 Å². The quantitative estimate of drug-likeness (QED) is 0.853. The van der Waals surface area contributed by atoms with E-state index in [2.05, 4.69) is 10.2 Å². The maximum absolute atomic E-state index is 13.3. The molecule has 1 N–H and O–H groups in total. The summed E-state index contributed by atoms with van der Waals surface area (Å²) in [6, 6.07) is 4.25. The van der Waals surface area contributed by atoms with Crippen molar-refractivity contribution in [1.29, 1.82) is 0 Å². The molecule has 2 heterocycles. The van der Waals surface area contributed by atoms with Gasteiger partial charge in [-0.25, -0.2) is 13.6 Å². The lowest BCUT2D eigenvalue weighted by molar-refractivity contribution is 0.0978. The van der Waals surface area contributed by atoms with Crippen LogP contribution >= 0.6 is 0 Å². The van der Waals surface area contributed by atoms with Crippen LogP contribution < -0.4 is 5.32 Å². The number of methoxy groups -OCH3 is 1. The molecular weight excluding hydrogens is 352 g/mol. The van der Waals surface area contributed by atoms with Gasteiger partial charge in [-0.15, -0.1) is 0 Å². The first-order valence-corrected chi connectivity index (χ1v) is 9.76. The first-order chi connectivity index (χ1) is 13.0. The van der Waals surface area contributed by atoms with Gasteiger partial charge in [0.2, 0.25) is 0 Å². The minimum atomic E-state index is -0.814. The number of amides is 2. The number of halogens is 2. The molecule has 0 saturated carbocycles. The third-order valence-corrected chi connectivity index (χ3v) is 5.51. The Morgan fingerprint density at radius 2 is 1.96 bits per heavy atom. The molecule has 150 valence electrons. The standard InChI is InChI=1S/C20H29F2N3O2/c1-27-14-16-3-2-8-25(13-16)20(26)23-17-6-9-24(10-7-17)12-15-4-5-18(21)19(22)11-15/h4-5,11,16-17H,2-3,6-10,12-14H2,1H3,(H,23,26)/t16-/m1/s1. The summed E-state index contributed by atoms with van der Waals surface area (Å²) in [7, 11) is 1.70. The molecule has 0 bridgehead atoms. The normalized spacial score (nSPS) is 22.0. The van der Waals surface area contributed by atoms with Gasteiger partial charge in [-0.2, -0.15) is 0 Å². The third-order valence-electron chi connectivity index (χ3n) is 5.51. The summed E-state index contributed by atoms with van der Waals surface area (Å²) in [6.45, 7) is 4.52. The van der Waals surface area contributed by atoms with Crippen LogP contribution in [-0.4, -0.2) is 61.8 Å². The molecule has 2 saturated heterocycles. The van der Waals surface area contributed by atoms with Crippen molar-refractivity contribution in [2.24, 2.45) is 5.92 Å². The topological polar surface area (TPSA) is 44.8 Å². The van der Waals surface area contributed by atoms with Gasteiger partial charge >= 0.3 is 6.03 Å². The van der Waals surface area contributed by atoms with Gasteiger partial charge in [0.25, 0.3) is 0 Å². The number of carbonyl (C=O) groups is 1. The lowest BCUT2D eigenvalue weighted by Crippen LogP contribution is -2.51. The Labute approximate surface area is 159 Å². The lowest BCUT2D eigenvalue weighted by Gasteiger charge is -2.36. The van der Waals surface area contributed by atoms with Crippen molar-refractivity contribution in [3.8, 4) is 0 Å². The first-order valence-electron chi connectivity index (χ1n) is 9.76. The van der Waals surface area contributed by atoms with Crippen LogP contribution in [0.25, 0.3) is 0 Å². The van der Waals surface area contributed by atoms with Gasteiger partial charge in [0.1, 0.15) is 0 Å². The Morgan fingerprint density at radius 1 is 1.19 bits per heavy atom. The van der Waals surface area contributed by atoms with Crippen LogP contribution in [-0.2, 0) is 11.3 Å². The molecule has 0 unspecified atom stereocenters. The van der Waals surface area contributed by atoms with Crippen molar-refractivity contribution in [2.45, 2.75) is 38.3 Å². The minimum Gasteiger partial charge on any atom is -0.384 e. The maximum atomic E-state index is 13.3. The van der Waals surface area contributed by atoms with E-state index in [9.17, 15) is 13.6 Å². The van der Waals surface area contributed by atoms with Crippen molar-refractivity contribution in [3.63, 3.8) is 0 Å². The van der Waals surface area contributed by atoms with Gasteiger partial charge in [-0.3, -0.25) is 4.90 Å². The van der Waals surface area contributed by atoms with E-state index in [0.29, 0.717) is 19.1 Å². The van der Waals surface area contributed by atoms with Gasteiger partial charge < -0.3 is 15.0 Å². The molecule has 5 nitrogen and oxygen atoms in total. The maximum Gasteiger partial charge on any atom is 0.317 e. The molecule has 2 aliphatic rings. The minimum absolute atomic E-state index is 0.0230. The molecule has 0 spiro atoms. The third kappa shape index (κ3) is 5.62. The average Bonchev–Trinajstić information content (AvgIpc) is 2.67. The summed E-state index contributed by atoms with van der Waals surface area (Å²) in [6.07, 6.45) is 3.86. The summed E-state index contributed by atoms with van der Waals surface area (Å²) < 4.78 is 31.6. The van der Waals surface area contributed by atoms with E-state index in [1.54, 1.807) is 13.2 Å². The van der Waals surface area contributed by atoms with E-state index in [1.165, 1.54) is 12.1 Å². The van der Waals surface area contributed by atoms with Crippen LogP contribution in [0.1, 0.15) is 31.2 Å². The summed E-state index contributed by atoms with van der Waals surface area (Å²) in [5, 5.41) is 3.16. The molecular formula is C20H29F2N3O2. The van der Waals surface area contributed by atoms with Gasteiger partial charge in [-0.1, -0.05) is 6.07 Å². The van der Waals surface area contributed by atoms with Gasteiger partial charge in [-0.05, 0) is 43.4 Å². The van der Waals surface area contributed by atoms with Crippen molar-refractivity contribution in [3.05, 3.63) is 35.4 Å². The average molecular weight is 381 g/mol. The first kappa shape index (κ1) is 20.0. The summed E-state index contributed by atoms with van der Waals surface area (Å²) in [4.78, 5) is 16.7. The van der Waals surface area contributed by atoms with E-state index in [-0.39, 0.29) is 12.1 Å². The smallest absolute Gasteiger partial charge is 0.317 e. The van der Waals surface area contributed by atoms with Gasteiger partial charge in [0, 0.05) is 51.8 Å². The van der Waals surface area contributed by atoms with Crippen molar-refractivity contribution >= 4 is 6.03 Å². The monoisotopic (exact) mass is 381 g/mol. The summed E-state index contributed by atoms with van der Waals surface area (Å²) in [5.74, 6) is -1.19. The highest BCUT2D eigenvalue weighted by molar-refractivity contribution is 5.74. The zero-order valence-corrected chi connectivity index (χ0v) is 15.9. The van der Waals surface area contributed by atoms with E-state index in [4.69, 9.17) is 4.74 Å². The predicted octanol–water partition coefficient (Wildman–Crippen LogP) is 3.00. The molecule has 2 fully saturated rings. The zero-order chi connectivity index (χ0) is 19.2. The second kappa shape index (κ2) is 9.46. The van der Waals surface area contributed by atoms with E-state index in [1.807, 2.05) is 4.90 Å². The lowest BCUT2D eigenvalue weighted by atomic mass is 9.99. The number of piperidine rings is 2. The summed E-state index contributed by atoms with van der Waals surface area (Å²) in [5.41, 5.74) is 0.772. The van der Waals surface area contributed by atoms with Gasteiger partial charge in [0.05, 0.1) is 6.61 Å². The van der Waals surface area contributed by atoms with Crippen LogP contribution in [0, 0.1) is 17.6 Å². The Balaban J connectivity index is 1.42. The van der Waals surface area contributed by atoms with E-state index in [0.717, 1.165) is 57.4 Å². The highest BCUT2D eigenvalue weighted by atomic mass is 19.2. The number of hydrogen-bond acceptors (Lipinski definition) is 3. The number of benzene rings is 1. The predicted molar refractivity (Wildman–Crippen MR) is 99.4 cm³/mol. The molecule has 2 aliphatic heterocycles. The molecule has 1 atom stereocenters. The largest absolute Gasteiger partial charge is 0.384 e.